The van der Waals surface area contributed by atoms with Crippen LogP contribution in [0.3, 0.4) is 0 Å². The molecule has 3 rings (SSSR count). The molecule has 2 heterocycles. The van der Waals surface area contributed by atoms with Gasteiger partial charge < -0.3 is 10.1 Å². The molecule has 0 saturated heterocycles. The van der Waals surface area contributed by atoms with Crippen LogP contribution in [0.2, 0.25) is 15.2 Å². The third kappa shape index (κ3) is 3.65. The zero-order chi connectivity index (χ0) is 18.7. The zero-order valence-electron chi connectivity index (χ0n) is 13.1. The van der Waals surface area contributed by atoms with E-state index in [1.54, 1.807) is 24.3 Å². The Morgan fingerprint density at radius 3 is 2.50 bits per heavy atom. The van der Waals surface area contributed by atoms with Crippen LogP contribution in [0.5, 0.6) is 0 Å². The molecule has 3 aromatic rings. The third-order valence-corrected chi connectivity index (χ3v) is 4.83. The predicted molar refractivity (Wildman–Crippen MR) is 102 cm³/mol. The first-order valence-corrected chi connectivity index (χ1v) is 8.59. The lowest BCUT2D eigenvalue weighted by Gasteiger charge is -2.14. The second kappa shape index (κ2) is 7.99. The largest absolute Gasteiger partial charge is 0.337 e. The lowest BCUT2D eigenvalue weighted by molar-refractivity contribution is -0.107. The molecule has 1 N–H and O–H groups in total. The Morgan fingerprint density at radius 1 is 1.00 bits per heavy atom. The summed E-state index contributed by atoms with van der Waals surface area (Å²) in [5.74, 6) is -0.631. The molecule has 0 saturated carbocycles. The van der Waals surface area contributed by atoms with Gasteiger partial charge in [-0.3, -0.25) is 0 Å². The summed E-state index contributed by atoms with van der Waals surface area (Å²) in [6, 6.07) is 8.31. The number of nitrogens with zero attached hydrogens (tertiary/aromatic N) is 2. The summed E-state index contributed by atoms with van der Waals surface area (Å²) in [5, 5.41) is 3.61. The second-order valence-electron chi connectivity index (χ2n) is 5.26. The van der Waals surface area contributed by atoms with E-state index in [2.05, 4.69) is 15.3 Å². The number of anilines is 2. The maximum absolute atomic E-state index is 14.4. The van der Waals surface area contributed by atoms with E-state index in [1.165, 1.54) is 18.5 Å². The van der Waals surface area contributed by atoms with Gasteiger partial charge in [-0.05, 0) is 18.2 Å². The highest BCUT2D eigenvalue weighted by Crippen LogP contribution is 2.39. The molecule has 2 aromatic heterocycles. The fourth-order valence-electron chi connectivity index (χ4n) is 2.41. The molecular formula is C18H11Cl3FN3O. The number of nitrogens with one attached hydrogen (secondary N) is 1. The minimum Gasteiger partial charge on any atom is -0.337 e. The second-order valence-corrected chi connectivity index (χ2v) is 6.37. The van der Waals surface area contributed by atoms with Crippen molar-refractivity contribution in [3.8, 4) is 11.1 Å². The van der Waals surface area contributed by atoms with Crippen molar-refractivity contribution in [2.45, 2.75) is 6.42 Å². The number of pyridine rings is 2. The number of hydrogen-bond donors (Lipinski definition) is 1. The normalized spacial score (nSPS) is 10.6. The first kappa shape index (κ1) is 18.6. The minimum atomic E-state index is -0.606. The molecule has 8 heteroatoms. The van der Waals surface area contributed by atoms with Crippen LogP contribution < -0.4 is 5.32 Å². The van der Waals surface area contributed by atoms with Gasteiger partial charge in [-0.25, -0.2) is 14.4 Å². The molecule has 4 nitrogen and oxygen atoms in total. The monoisotopic (exact) mass is 409 g/mol. The van der Waals surface area contributed by atoms with Crippen LogP contribution in [-0.4, -0.2) is 16.3 Å². The summed E-state index contributed by atoms with van der Waals surface area (Å²) in [4.78, 5) is 18.5. The topological polar surface area (TPSA) is 54.9 Å². The van der Waals surface area contributed by atoms with Crippen LogP contribution in [0.4, 0.5) is 15.9 Å². The van der Waals surface area contributed by atoms with Crippen molar-refractivity contribution in [2.24, 2.45) is 0 Å². The molecule has 26 heavy (non-hydrogen) atoms. The first-order chi connectivity index (χ1) is 12.5. The van der Waals surface area contributed by atoms with E-state index in [4.69, 9.17) is 34.8 Å². The van der Waals surface area contributed by atoms with Gasteiger partial charge in [-0.2, -0.15) is 0 Å². The van der Waals surface area contributed by atoms with Crippen molar-refractivity contribution < 1.29 is 9.18 Å². The molecule has 0 amide bonds. The van der Waals surface area contributed by atoms with Gasteiger partial charge in [0.05, 0.1) is 15.7 Å². The standard InChI is InChI=1S/C18H11Cl3FN3O/c19-14-11(12-5-8-23-17(21)15(12)20)2-1-3-13(14)25-18-16(22)10(6-9-26)4-7-24-18/h1-5,7-9H,6H2,(H,24,25). The highest BCUT2D eigenvalue weighted by atomic mass is 35.5. The van der Waals surface area contributed by atoms with Gasteiger partial charge in [-0.15, -0.1) is 0 Å². The van der Waals surface area contributed by atoms with Crippen molar-refractivity contribution in [2.75, 3.05) is 5.32 Å². The molecule has 0 aliphatic carbocycles. The van der Waals surface area contributed by atoms with Crippen LogP contribution >= 0.6 is 34.8 Å². The molecule has 0 atom stereocenters. The van der Waals surface area contributed by atoms with Gasteiger partial charge in [0.15, 0.2) is 11.6 Å². The summed E-state index contributed by atoms with van der Waals surface area (Å²) >= 11 is 18.7. The van der Waals surface area contributed by atoms with Gasteiger partial charge in [0.25, 0.3) is 0 Å². The summed E-state index contributed by atoms with van der Waals surface area (Å²) in [6.07, 6.45) is 3.53. The van der Waals surface area contributed by atoms with Crippen molar-refractivity contribution in [3.63, 3.8) is 0 Å². The molecule has 0 aliphatic rings. The smallest absolute Gasteiger partial charge is 0.169 e. The summed E-state index contributed by atoms with van der Waals surface area (Å²) in [5.41, 5.74) is 1.88. The van der Waals surface area contributed by atoms with E-state index in [1.807, 2.05) is 0 Å². The summed E-state index contributed by atoms with van der Waals surface area (Å²) in [7, 11) is 0. The predicted octanol–water partition coefficient (Wildman–Crippen LogP) is 5.73. The van der Waals surface area contributed by atoms with Crippen molar-refractivity contribution in [1.82, 2.24) is 9.97 Å². The van der Waals surface area contributed by atoms with Crippen LogP contribution in [0.15, 0.2) is 42.7 Å². The SMILES string of the molecule is O=CCc1ccnc(Nc2cccc(-c3ccnc(Cl)c3Cl)c2Cl)c1F. The van der Waals surface area contributed by atoms with Gasteiger partial charge in [0, 0.05) is 35.5 Å². The number of carbonyl (C=O) groups is 1. The molecule has 0 spiro atoms. The number of carbonyl (C=O) groups excluding carboxylic acids is 1. The van der Waals surface area contributed by atoms with Gasteiger partial charge >= 0.3 is 0 Å². The lowest BCUT2D eigenvalue weighted by Crippen LogP contribution is -2.02. The van der Waals surface area contributed by atoms with Crippen molar-refractivity contribution in [3.05, 3.63) is 69.3 Å². The van der Waals surface area contributed by atoms with Crippen LogP contribution in [-0.2, 0) is 11.2 Å². The highest BCUT2D eigenvalue weighted by molar-refractivity contribution is 6.43. The Bertz CT molecular complexity index is 982. The van der Waals surface area contributed by atoms with Crippen molar-refractivity contribution >= 4 is 52.6 Å². The molecule has 132 valence electrons. The Hall–Kier alpha value is -2.21. The maximum Gasteiger partial charge on any atom is 0.169 e. The van der Waals surface area contributed by atoms with E-state index in [0.717, 1.165) is 0 Å². The summed E-state index contributed by atoms with van der Waals surface area (Å²) < 4.78 is 14.4. The Morgan fingerprint density at radius 2 is 1.73 bits per heavy atom. The average Bonchev–Trinajstić information content (AvgIpc) is 2.63. The minimum absolute atomic E-state index is 0.0257. The molecule has 0 unspecified atom stereocenters. The van der Waals surface area contributed by atoms with Crippen molar-refractivity contribution in [1.29, 1.82) is 0 Å². The number of hydrogen-bond acceptors (Lipinski definition) is 4. The van der Waals surface area contributed by atoms with E-state index < -0.39 is 5.82 Å². The molecule has 1 aromatic carbocycles. The van der Waals surface area contributed by atoms with E-state index in [-0.39, 0.29) is 28.0 Å². The molecule has 0 radical (unpaired) electrons. The number of aldehydes is 1. The third-order valence-electron chi connectivity index (χ3n) is 3.66. The van der Waals surface area contributed by atoms with E-state index >= 15 is 0 Å². The quantitative estimate of drug-likeness (QED) is 0.431. The Balaban J connectivity index is 2.02. The first-order valence-electron chi connectivity index (χ1n) is 7.46. The average molecular weight is 411 g/mol. The molecule has 0 fully saturated rings. The lowest BCUT2D eigenvalue weighted by atomic mass is 10.1. The maximum atomic E-state index is 14.4. The molecular weight excluding hydrogens is 400 g/mol. The van der Waals surface area contributed by atoms with Gasteiger partial charge in [-0.1, -0.05) is 46.9 Å². The Labute approximate surface area is 164 Å². The number of halogens is 4. The number of benzene rings is 1. The van der Waals surface area contributed by atoms with E-state index in [0.29, 0.717) is 28.1 Å². The van der Waals surface area contributed by atoms with Gasteiger partial charge in [0.1, 0.15) is 11.4 Å². The number of rotatable bonds is 5. The zero-order valence-corrected chi connectivity index (χ0v) is 15.4. The van der Waals surface area contributed by atoms with E-state index in [9.17, 15) is 9.18 Å². The highest BCUT2D eigenvalue weighted by Gasteiger charge is 2.15. The van der Waals surface area contributed by atoms with Crippen LogP contribution in [0, 0.1) is 5.82 Å². The Kier molecular flexibility index (Phi) is 5.71. The number of aromatic nitrogens is 2. The van der Waals surface area contributed by atoms with Gasteiger partial charge in [0.2, 0.25) is 0 Å². The molecule has 0 aliphatic heterocycles. The fraction of sp³-hybridized carbons (Fsp3) is 0.0556. The van der Waals surface area contributed by atoms with Crippen LogP contribution in [0.25, 0.3) is 11.1 Å². The molecule has 0 bridgehead atoms. The van der Waals surface area contributed by atoms with Crippen LogP contribution in [0.1, 0.15) is 5.56 Å². The fourth-order valence-corrected chi connectivity index (χ4v) is 3.06. The summed E-state index contributed by atoms with van der Waals surface area (Å²) in [6.45, 7) is 0.